The SMILES string of the molecule is COC(=O)[C@H]1O[C@@H](O[C@H](CN=[N+]=[N-])COc2cccc3[nH]c4ccccc4c23)[C@H](OC(=O)c2ccccc2)[C@@H](OC(=O)c2ccccc2)[C@@H]1OC(=O)c1ccccc1. The zero-order chi connectivity index (χ0) is 40.4. The first-order valence-electron chi connectivity index (χ1n) is 18.1. The Morgan fingerprint density at radius 2 is 1.22 bits per heavy atom. The molecule has 7 rings (SSSR count). The van der Waals surface area contributed by atoms with Crippen molar-refractivity contribution in [3.8, 4) is 5.75 Å². The van der Waals surface area contributed by atoms with Crippen LogP contribution in [-0.4, -0.2) is 85.9 Å². The molecular weight excluding hydrogens is 748 g/mol. The molecule has 0 bridgehead atoms. The molecule has 0 amide bonds. The van der Waals surface area contributed by atoms with Gasteiger partial charge in [-0.25, -0.2) is 19.2 Å². The lowest BCUT2D eigenvalue weighted by Gasteiger charge is -2.44. The first kappa shape index (κ1) is 39.1. The number of benzene rings is 5. The number of aromatic amines is 1. The number of esters is 4. The van der Waals surface area contributed by atoms with Gasteiger partial charge in [0.1, 0.15) is 18.5 Å². The molecule has 0 unspecified atom stereocenters. The Bertz CT molecular complexity index is 2440. The lowest BCUT2D eigenvalue weighted by molar-refractivity contribution is -0.302. The van der Waals surface area contributed by atoms with E-state index >= 15 is 0 Å². The van der Waals surface area contributed by atoms with Crippen LogP contribution in [0.5, 0.6) is 5.75 Å². The van der Waals surface area contributed by atoms with E-state index in [1.54, 1.807) is 60.7 Å². The van der Waals surface area contributed by atoms with Gasteiger partial charge >= 0.3 is 23.9 Å². The van der Waals surface area contributed by atoms with E-state index in [-0.39, 0.29) is 29.8 Å². The summed E-state index contributed by atoms with van der Waals surface area (Å²) in [6, 6.07) is 36.9. The number of azide groups is 1. The Hall–Kier alpha value is -7.19. The highest BCUT2D eigenvalue weighted by Crippen LogP contribution is 2.35. The summed E-state index contributed by atoms with van der Waals surface area (Å²) >= 11 is 0. The van der Waals surface area contributed by atoms with Gasteiger partial charge in [0.15, 0.2) is 30.7 Å². The van der Waals surface area contributed by atoms with Crippen molar-refractivity contribution in [2.24, 2.45) is 5.11 Å². The summed E-state index contributed by atoms with van der Waals surface area (Å²) in [6.07, 6.45) is -9.83. The van der Waals surface area contributed by atoms with Gasteiger partial charge in [-0.3, -0.25) is 0 Å². The fraction of sp³-hybridized carbons (Fsp3) is 0.209. The third-order valence-electron chi connectivity index (χ3n) is 9.28. The van der Waals surface area contributed by atoms with Crippen molar-refractivity contribution < 1.29 is 52.3 Å². The molecule has 2 heterocycles. The van der Waals surface area contributed by atoms with Crippen LogP contribution in [0.3, 0.4) is 0 Å². The van der Waals surface area contributed by atoms with Crippen LogP contribution in [0.2, 0.25) is 0 Å². The average molecular weight is 785 g/mol. The van der Waals surface area contributed by atoms with Gasteiger partial charge in [0.2, 0.25) is 0 Å². The number of fused-ring (bicyclic) bond motifs is 3. The van der Waals surface area contributed by atoms with E-state index in [0.29, 0.717) is 5.75 Å². The molecule has 1 saturated heterocycles. The van der Waals surface area contributed by atoms with Gasteiger partial charge < -0.3 is 38.1 Å². The van der Waals surface area contributed by atoms with Gasteiger partial charge in [-0.05, 0) is 60.1 Å². The quantitative estimate of drug-likeness (QED) is 0.0394. The van der Waals surface area contributed by atoms with Crippen molar-refractivity contribution in [2.45, 2.75) is 36.8 Å². The fourth-order valence-corrected chi connectivity index (χ4v) is 6.54. The Morgan fingerprint density at radius 3 is 1.81 bits per heavy atom. The van der Waals surface area contributed by atoms with Crippen LogP contribution in [0, 0.1) is 0 Å². The van der Waals surface area contributed by atoms with Crippen LogP contribution in [0.1, 0.15) is 31.1 Å². The summed E-state index contributed by atoms with van der Waals surface area (Å²) in [4.78, 5) is 61.0. The van der Waals surface area contributed by atoms with E-state index in [1.807, 2.05) is 36.4 Å². The van der Waals surface area contributed by atoms with Crippen LogP contribution in [-0.2, 0) is 33.2 Å². The monoisotopic (exact) mass is 784 g/mol. The molecule has 0 saturated carbocycles. The first-order valence-corrected chi connectivity index (χ1v) is 18.1. The molecule has 1 aliphatic heterocycles. The van der Waals surface area contributed by atoms with Crippen molar-refractivity contribution >= 4 is 45.7 Å². The molecule has 0 aliphatic carbocycles. The number of hydrogen-bond donors (Lipinski definition) is 1. The number of para-hydroxylation sites is 1. The second-order valence-electron chi connectivity index (χ2n) is 13.0. The second-order valence-corrected chi connectivity index (χ2v) is 13.0. The summed E-state index contributed by atoms with van der Waals surface area (Å²) in [5, 5.41) is 5.41. The Balaban J connectivity index is 1.27. The largest absolute Gasteiger partial charge is 0.490 e. The lowest BCUT2D eigenvalue weighted by Crippen LogP contribution is -2.64. The maximum atomic E-state index is 13.8. The minimum atomic E-state index is -1.79. The smallest absolute Gasteiger partial charge is 0.339 e. The molecule has 294 valence electrons. The predicted octanol–water partition coefficient (Wildman–Crippen LogP) is 6.97. The van der Waals surface area contributed by atoms with Crippen LogP contribution >= 0.6 is 0 Å². The Morgan fingerprint density at radius 1 is 0.690 bits per heavy atom. The number of nitrogens with one attached hydrogen (secondary N) is 1. The van der Waals surface area contributed by atoms with E-state index in [0.717, 1.165) is 28.9 Å². The average Bonchev–Trinajstić information content (AvgIpc) is 3.66. The number of carbonyl (C=O) groups is 4. The molecule has 0 radical (unpaired) electrons. The summed E-state index contributed by atoms with van der Waals surface area (Å²) in [5.74, 6) is -3.24. The van der Waals surface area contributed by atoms with Crippen LogP contribution in [0.25, 0.3) is 32.2 Å². The molecule has 1 aliphatic rings. The highest BCUT2D eigenvalue weighted by Gasteiger charge is 2.56. The predicted molar refractivity (Wildman–Crippen MR) is 208 cm³/mol. The first-order chi connectivity index (χ1) is 28.3. The number of H-pyrrole nitrogens is 1. The normalized spacial score (nSPS) is 19.3. The molecule has 58 heavy (non-hydrogen) atoms. The van der Waals surface area contributed by atoms with Crippen LogP contribution in [0.15, 0.2) is 139 Å². The van der Waals surface area contributed by atoms with Crippen molar-refractivity contribution in [1.29, 1.82) is 0 Å². The van der Waals surface area contributed by atoms with E-state index < -0.39 is 60.7 Å². The van der Waals surface area contributed by atoms with Gasteiger partial charge in [-0.2, -0.15) is 0 Å². The van der Waals surface area contributed by atoms with Crippen molar-refractivity contribution in [2.75, 3.05) is 20.3 Å². The summed E-state index contributed by atoms with van der Waals surface area (Å²) in [7, 11) is 1.09. The number of rotatable bonds is 14. The molecule has 6 aromatic rings. The standard InChI is InChI=1S/C43H36N4O11/c1-52-42(51)37-35(55-39(48)26-14-5-2-6-15-26)36(56-40(49)27-16-7-3-8-17-27)38(57-41(50)28-18-9-4-10-19-28)43(58-37)54-29(24-45-47-44)25-53-33-23-13-22-32-34(33)30-20-11-12-21-31(30)46-32/h2-23,29,35-38,43,46H,24-25H2,1H3/t29-,35+,36+,37+,38-,43-/m1/s1. The minimum Gasteiger partial charge on any atom is -0.490 e. The Labute approximate surface area is 330 Å². The van der Waals surface area contributed by atoms with E-state index in [4.69, 9.17) is 33.2 Å². The zero-order valence-electron chi connectivity index (χ0n) is 30.9. The summed E-state index contributed by atoms with van der Waals surface area (Å²) in [6.45, 7) is -0.552. The number of nitrogens with zero attached hydrogens (tertiary/aromatic N) is 3. The molecule has 6 atom stereocenters. The maximum absolute atomic E-state index is 13.8. The highest BCUT2D eigenvalue weighted by atomic mass is 16.7. The number of methoxy groups -OCH3 is 1. The number of aromatic nitrogens is 1. The van der Waals surface area contributed by atoms with Crippen LogP contribution in [0.4, 0.5) is 0 Å². The summed E-state index contributed by atoms with van der Waals surface area (Å²) in [5.41, 5.74) is 11.4. The second kappa shape index (κ2) is 18.2. The highest BCUT2D eigenvalue weighted by molar-refractivity contribution is 6.10. The van der Waals surface area contributed by atoms with Gasteiger partial charge in [0.05, 0.1) is 35.9 Å². The van der Waals surface area contributed by atoms with Gasteiger partial charge in [0, 0.05) is 21.2 Å². The molecule has 15 nitrogen and oxygen atoms in total. The van der Waals surface area contributed by atoms with Crippen LogP contribution < -0.4 is 4.74 Å². The minimum absolute atomic E-state index is 0.100. The number of hydrogen-bond acceptors (Lipinski definition) is 12. The van der Waals surface area contributed by atoms with Crippen molar-refractivity contribution in [3.63, 3.8) is 0 Å². The topological polar surface area (TPSA) is 197 Å². The van der Waals surface area contributed by atoms with E-state index in [9.17, 15) is 24.7 Å². The maximum Gasteiger partial charge on any atom is 0.339 e. The van der Waals surface area contributed by atoms with Gasteiger partial charge in [-0.1, -0.05) is 84.0 Å². The number of carbonyl (C=O) groups excluding carboxylic acids is 4. The van der Waals surface area contributed by atoms with Crippen molar-refractivity contribution in [3.05, 3.63) is 161 Å². The fourth-order valence-electron chi connectivity index (χ4n) is 6.54. The number of ether oxygens (including phenoxy) is 7. The molecule has 5 aromatic carbocycles. The zero-order valence-corrected chi connectivity index (χ0v) is 30.9. The third kappa shape index (κ3) is 8.77. The molecule has 1 N–H and O–H groups in total. The lowest BCUT2D eigenvalue weighted by atomic mass is 9.97. The Kier molecular flexibility index (Phi) is 12.2. The molecule has 1 aromatic heterocycles. The molecule has 15 heteroatoms. The summed E-state index contributed by atoms with van der Waals surface area (Å²) < 4.78 is 41.9. The molecular formula is C43H36N4O11. The van der Waals surface area contributed by atoms with Gasteiger partial charge in [-0.15, -0.1) is 0 Å². The molecule has 1 fully saturated rings. The third-order valence-corrected chi connectivity index (χ3v) is 9.28. The van der Waals surface area contributed by atoms with Gasteiger partial charge in [0.25, 0.3) is 0 Å². The van der Waals surface area contributed by atoms with E-state index in [1.165, 1.54) is 36.4 Å². The van der Waals surface area contributed by atoms with Crippen molar-refractivity contribution in [1.82, 2.24) is 4.98 Å². The van der Waals surface area contributed by atoms with E-state index in [2.05, 4.69) is 15.0 Å². The molecule has 0 spiro atoms.